The van der Waals surface area contributed by atoms with Crippen molar-refractivity contribution >= 4 is 0 Å². The van der Waals surface area contributed by atoms with Gasteiger partial charge in [-0.15, -0.1) is 0 Å². The summed E-state index contributed by atoms with van der Waals surface area (Å²) in [4.78, 5) is 1.32. The van der Waals surface area contributed by atoms with Gasteiger partial charge in [0.15, 0.2) is 6.19 Å². The molecule has 1 fully saturated rings. The van der Waals surface area contributed by atoms with Crippen molar-refractivity contribution in [3.63, 3.8) is 0 Å². The highest BCUT2D eigenvalue weighted by Gasteiger charge is 2.26. The van der Waals surface area contributed by atoms with E-state index in [-0.39, 0.29) is 6.54 Å². The Balaban J connectivity index is 2.42. The number of nitrogens with zero attached hydrogens (tertiary/aromatic N) is 2. The number of hydrogen-bond acceptors (Lipinski definition) is 3. The molecule has 2 atom stereocenters. The lowest BCUT2D eigenvalue weighted by Crippen LogP contribution is -2.42. The van der Waals surface area contributed by atoms with Crippen LogP contribution in [0.15, 0.2) is 0 Å². The Morgan fingerprint density at radius 2 is 2.40 bits per heavy atom. The highest BCUT2D eigenvalue weighted by molar-refractivity contribution is 4.85. The highest BCUT2D eigenvalue weighted by atomic mass is 19.1. The average molecular weight is 144 g/mol. The lowest BCUT2D eigenvalue weighted by atomic mass is 10.1. The Hall–Kier alpha value is -0.820. The summed E-state index contributed by atoms with van der Waals surface area (Å²) in [6.45, 7) is 0.510. The minimum Gasteiger partial charge on any atom is -0.390 e. The summed E-state index contributed by atoms with van der Waals surface area (Å²) in [5, 5.41) is 17.2. The summed E-state index contributed by atoms with van der Waals surface area (Å²) in [7, 11) is 0. The predicted octanol–water partition coefficient (Wildman–Crippen LogP) is -0.128. The minimum absolute atomic E-state index is 0.0394. The SMILES string of the molecule is N#CN1CCC(O)C(F)C1. The summed E-state index contributed by atoms with van der Waals surface area (Å²) >= 11 is 0. The zero-order valence-electron chi connectivity index (χ0n) is 5.50. The Bertz CT molecular complexity index is 156. The van der Waals surface area contributed by atoms with Crippen molar-refractivity contribution in [1.29, 1.82) is 5.26 Å². The molecule has 56 valence electrons. The number of alkyl halides is 1. The first-order valence-corrected chi connectivity index (χ1v) is 3.21. The lowest BCUT2D eigenvalue weighted by molar-refractivity contribution is 0.0234. The molecule has 0 radical (unpaired) electrons. The van der Waals surface area contributed by atoms with E-state index in [4.69, 9.17) is 10.4 Å². The molecule has 0 aliphatic carbocycles. The fourth-order valence-electron chi connectivity index (χ4n) is 0.983. The Morgan fingerprint density at radius 1 is 1.70 bits per heavy atom. The number of aliphatic hydroxyl groups excluding tert-OH is 1. The molecule has 1 aliphatic rings. The van der Waals surface area contributed by atoms with Crippen molar-refractivity contribution in [2.24, 2.45) is 0 Å². The lowest BCUT2D eigenvalue weighted by Gasteiger charge is -2.27. The quantitative estimate of drug-likeness (QED) is 0.482. The molecule has 0 amide bonds. The second kappa shape index (κ2) is 2.84. The van der Waals surface area contributed by atoms with Crippen LogP contribution in [-0.2, 0) is 0 Å². The van der Waals surface area contributed by atoms with Crippen LogP contribution in [-0.4, -0.2) is 35.4 Å². The van der Waals surface area contributed by atoms with Gasteiger partial charge in [-0.05, 0) is 6.42 Å². The van der Waals surface area contributed by atoms with Gasteiger partial charge in [0.1, 0.15) is 6.17 Å². The largest absolute Gasteiger partial charge is 0.390 e. The Morgan fingerprint density at radius 3 is 2.90 bits per heavy atom. The maximum atomic E-state index is 12.6. The third-order valence-electron chi connectivity index (χ3n) is 1.65. The summed E-state index contributed by atoms with van der Waals surface area (Å²) < 4.78 is 12.6. The van der Waals surface area contributed by atoms with E-state index in [9.17, 15) is 4.39 Å². The maximum absolute atomic E-state index is 12.6. The summed E-state index contributed by atoms with van der Waals surface area (Å²) in [5.74, 6) is 0. The van der Waals surface area contributed by atoms with Crippen LogP contribution >= 0.6 is 0 Å². The fourth-order valence-corrected chi connectivity index (χ4v) is 0.983. The fraction of sp³-hybridized carbons (Fsp3) is 0.833. The van der Waals surface area contributed by atoms with E-state index >= 15 is 0 Å². The second-order valence-corrected chi connectivity index (χ2v) is 2.42. The van der Waals surface area contributed by atoms with Gasteiger partial charge >= 0.3 is 0 Å². The number of piperidine rings is 1. The van der Waals surface area contributed by atoms with Crippen LogP contribution in [0.2, 0.25) is 0 Å². The molecule has 1 rings (SSSR count). The summed E-state index contributed by atoms with van der Waals surface area (Å²) in [6, 6.07) is 0. The van der Waals surface area contributed by atoms with Gasteiger partial charge in [0.05, 0.1) is 12.6 Å². The van der Waals surface area contributed by atoms with Crippen molar-refractivity contribution in [3.05, 3.63) is 0 Å². The number of aliphatic hydroxyl groups is 1. The molecule has 0 aromatic rings. The maximum Gasteiger partial charge on any atom is 0.179 e. The molecular formula is C6H9FN2O. The zero-order valence-corrected chi connectivity index (χ0v) is 5.50. The molecule has 1 N–H and O–H groups in total. The summed E-state index contributed by atoms with van der Waals surface area (Å²) in [6.07, 6.45) is 0.0661. The average Bonchev–Trinajstić information content (AvgIpc) is 1.95. The van der Waals surface area contributed by atoms with Gasteiger partial charge in [0.25, 0.3) is 0 Å². The van der Waals surface area contributed by atoms with Gasteiger partial charge in [-0.3, -0.25) is 0 Å². The molecule has 1 aliphatic heterocycles. The normalized spacial score (nSPS) is 33.5. The molecule has 0 aromatic carbocycles. The monoisotopic (exact) mass is 144 g/mol. The molecule has 0 spiro atoms. The number of halogens is 1. The smallest absolute Gasteiger partial charge is 0.179 e. The Kier molecular flexibility index (Phi) is 2.07. The van der Waals surface area contributed by atoms with Crippen molar-refractivity contribution < 1.29 is 9.50 Å². The molecular weight excluding hydrogens is 135 g/mol. The molecule has 2 unspecified atom stereocenters. The number of hydrogen-bond donors (Lipinski definition) is 1. The summed E-state index contributed by atoms with van der Waals surface area (Å²) in [5.41, 5.74) is 0. The molecule has 0 saturated carbocycles. The van der Waals surface area contributed by atoms with Gasteiger partial charge in [-0.1, -0.05) is 0 Å². The van der Waals surface area contributed by atoms with Gasteiger partial charge < -0.3 is 10.0 Å². The standard InChI is InChI=1S/C6H9FN2O/c7-5-3-9(4-8)2-1-6(5)10/h5-6,10H,1-3H2. The van der Waals surface area contributed by atoms with E-state index in [1.165, 1.54) is 4.90 Å². The highest BCUT2D eigenvalue weighted by Crippen LogP contribution is 2.12. The van der Waals surface area contributed by atoms with Crippen molar-refractivity contribution in [1.82, 2.24) is 4.90 Å². The van der Waals surface area contributed by atoms with E-state index in [0.717, 1.165) is 0 Å². The van der Waals surface area contributed by atoms with Crippen LogP contribution in [0.5, 0.6) is 0 Å². The number of likely N-dealkylation sites (tertiary alicyclic amines) is 1. The van der Waals surface area contributed by atoms with Crippen molar-refractivity contribution in [3.8, 4) is 6.19 Å². The van der Waals surface area contributed by atoms with Crippen LogP contribution in [0.4, 0.5) is 4.39 Å². The van der Waals surface area contributed by atoms with E-state index < -0.39 is 12.3 Å². The van der Waals surface area contributed by atoms with Crippen LogP contribution in [0.1, 0.15) is 6.42 Å². The topological polar surface area (TPSA) is 47.3 Å². The van der Waals surface area contributed by atoms with E-state index in [2.05, 4.69) is 0 Å². The van der Waals surface area contributed by atoms with E-state index in [1.807, 2.05) is 6.19 Å². The Labute approximate surface area is 58.7 Å². The number of rotatable bonds is 0. The van der Waals surface area contributed by atoms with Gasteiger partial charge in [0.2, 0.25) is 0 Å². The number of nitriles is 1. The molecule has 1 saturated heterocycles. The second-order valence-electron chi connectivity index (χ2n) is 2.42. The van der Waals surface area contributed by atoms with E-state index in [1.54, 1.807) is 0 Å². The van der Waals surface area contributed by atoms with Crippen LogP contribution in [0.3, 0.4) is 0 Å². The first-order valence-electron chi connectivity index (χ1n) is 3.21. The van der Waals surface area contributed by atoms with Gasteiger partial charge in [-0.25, -0.2) is 4.39 Å². The van der Waals surface area contributed by atoms with Gasteiger partial charge in [-0.2, -0.15) is 5.26 Å². The van der Waals surface area contributed by atoms with Crippen LogP contribution < -0.4 is 0 Å². The third kappa shape index (κ3) is 1.36. The first-order chi connectivity index (χ1) is 4.74. The zero-order chi connectivity index (χ0) is 7.56. The molecule has 4 heteroatoms. The molecule has 10 heavy (non-hydrogen) atoms. The molecule has 0 bridgehead atoms. The van der Waals surface area contributed by atoms with E-state index in [0.29, 0.717) is 13.0 Å². The minimum atomic E-state index is -1.26. The molecule has 0 aromatic heterocycles. The van der Waals surface area contributed by atoms with Crippen LogP contribution in [0, 0.1) is 11.5 Å². The first kappa shape index (κ1) is 7.29. The molecule has 3 nitrogen and oxygen atoms in total. The third-order valence-corrected chi connectivity index (χ3v) is 1.65. The van der Waals surface area contributed by atoms with Crippen molar-refractivity contribution in [2.45, 2.75) is 18.7 Å². The molecule has 1 heterocycles. The predicted molar refractivity (Wildman–Crippen MR) is 32.7 cm³/mol. The van der Waals surface area contributed by atoms with Crippen LogP contribution in [0.25, 0.3) is 0 Å². The van der Waals surface area contributed by atoms with Crippen molar-refractivity contribution in [2.75, 3.05) is 13.1 Å². The van der Waals surface area contributed by atoms with Gasteiger partial charge in [0, 0.05) is 6.54 Å².